The monoisotopic (exact) mass is 414 g/mol. The second kappa shape index (κ2) is 8.58. The van der Waals surface area contributed by atoms with Gasteiger partial charge in [0, 0.05) is 38.6 Å². The normalized spacial score (nSPS) is 15.4. The van der Waals surface area contributed by atoms with Crippen LogP contribution in [-0.4, -0.2) is 71.2 Å². The number of hydrogen-bond donors (Lipinski definition) is 0. The predicted octanol–water partition coefficient (Wildman–Crippen LogP) is 1.19. The number of anilines is 1. The van der Waals surface area contributed by atoms with Crippen LogP contribution in [0.4, 0.5) is 5.82 Å². The molecule has 1 saturated heterocycles. The van der Waals surface area contributed by atoms with E-state index in [0.717, 1.165) is 5.82 Å². The molecule has 0 bridgehead atoms. The van der Waals surface area contributed by atoms with E-state index in [2.05, 4.69) is 15.3 Å². The lowest BCUT2D eigenvalue weighted by atomic mass is 10.3. The average molecular weight is 414 g/mol. The Balaban J connectivity index is 1.29. The summed E-state index contributed by atoms with van der Waals surface area (Å²) < 4.78 is 33.8. The zero-order chi connectivity index (χ0) is 20.1. The fourth-order valence-corrected chi connectivity index (χ4v) is 4.39. The molecule has 0 radical (unpaired) electrons. The third-order valence-electron chi connectivity index (χ3n) is 4.68. The largest absolute Gasteiger partial charge is 0.492 e. The standard InChI is InChI=1S/C19H22N6O3S/c26-29(27,16-15-28-17-5-2-1-3-6-17)24-13-11-23(12-14-24)18-7-8-19(22-21-18)25-10-4-9-20-25/h1-10H,11-16H2. The molecule has 3 heterocycles. The lowest BCUT2D eigenvalue weighted by Gasteiger charge is -2.34. The molecule has 0 aliphatic carbocycles. The molecule has 9 nitrogen and oxygen atoms in total. The van der Waals surface area contributed by atoms with E-state index in [4.69, 9.17) is 4.74 Å². The number of para-hydroxylation sites is 1. The van der Waals surface area contributed by atoms with Crippen molar-refractivity contribution in [3.63, 3.8) is 0 Å². The SMILES string of the molecule is O=S(=O)(CCOc1ccccc1)N1CCN(c2ccc(-n3cccn3)nn2)CC1. The van der Waals surface area contributed by atoms with E-state index in [9.17, 15) is 8.42 Å². The summed E-state index contributed by atoms with van der Waals surface area (Å²) in [6.45, 7) is 2.09. The van der Waals surface area contributed by atoms with Crippen molar-refractivity contribution >= 4 is 15.8 Å². The minimum Gasteiger partial charge on any atom is -0.492 e. The number of piperazine rings is 1. The summed E-state index contributed by atoms with van der Waals surface area (Å²) in [5.41, 5.74) is 0. The van der Waals surface area contributed by atoms with Gasteiger partial charge in [-0.25, -0.2) is 13.1 Å². The number of aromatic nitrogens is 4. The second-order valence-electron chi connectivity index (χ2n) is 6.56. The van der Waals surface area contributed by atoms with Crippen molar-refractivity contribution < 1.29 is 13.2 Å². The van der Waals surface area contributed by atoms with Crippen molar-refractivity contribution in [2.24, 2.45) is 0 Å². The maximum absolute atomic E-state index is 12.6. The molecule has 1 aliphatic rings. The van der Waals surface area contributed by atoms with Gasteiger partial charge in [-0.2, -0.15) is 9.40 Å². The van der Waals surface area contributed by atoms with Crippen LogP contribution < -0.4 is 9.64 Å². The Labute approximate surface area is 169 Å². The molecule has 0 N–H and O–H groups in total. The number of ether oxygens (including phenoxy) is 1. The predicted molar refractivity (Wildman–Crippen MR) is 109 cm³/mol. The van der Waals surface area contributed by atoms with Crippen molar-refractivity contribution in [1.29, 1.82) is 0 Å². The van der Waals surface area contributed by atoms with Gasteiger partial charge in [-0.15, -0.1) is 10.2 Å². The first-order chi connectivity index (χ1) is 14.1. The van der Waals surface area contributed by atoms with Crippen LogP contribution in [0.1, 0.15) is 0 Å². The third-order valence-corrected chi connectivity index (χ3v) is 6.52. The summed E-state index contributed by atoms with van der Waals surface area (Å²) in [5, 5.41) is 12.6. The molecular formula is C19H22N6O3S. The minimum absolute atomic E-state index is 0.0414. The second-order valence-corrected chi connectivity index (χ2v) is 8.65. The molecule has 0 atom stereocenters. The van der Waals surface area contributed by atoms with Crippen LogP contribution in [0.15, 0.2) is 60.9 Å². The minimum atomic E-state index is -3.36. The Bertz CT molecular complexity index is 1000. The van der Waals surface area contributed by atoms with Gasteiger partial charge in [0.25, 0.3) is 0 Å². The van der Waals surface area contributed by atoms with Crippen molar-refractivity contribution in [2.75, 3.05) is 43.4 Å². The molecule has 29 heavy (non-hydrogen) atoms. The highest BCUT2D eigenvalue weighted by Gasteiger charge is 2.27. The van der Waals surface area contributed by atoms with Gasteiger partial charge in [0.05, 0.1) is 5.75 Å². The van der Waals surface area contributed by atoms with E-state index in [-0.39, 0.29) is 12.4 Å². The third kappa shape index (κ3) is 4.72. The number of nitrogens with zero attached hydrogens (tertiary/aromatic N) is 6. The highest BCUT2D eigenvalue weighted by Crippen LogP contribution is 2.16. The van der Waals surface area contributed by atoms with Crippen LogP contribution >= 0.6 is 0 Å². The Hall–Kier alpha value is -2.98. The van der Waals surface area contributed by atoms with E-state index in [0.29, 0.717) is 37.7 Å². The Morgan fingerprint density at radius 3 is 2.28 bits per heavy atom. The number of hydrogen-bond acceptors (Lipinski definition) is 7. The van der Waals surface area contributed by atoms with Crippen LogP contribution in [0.3, 0.4) is 0 Å². The zero-order valence-corrected chi connectivity index (χ0v) is 16.6. The first-order valence-electron chi connectivity index (χ1n) is 9.36. The van der Waals surface area contributed by atoms with E-state index < -0.39 is 10.0 Å². The van der Waals surface area contributed by atoms with Gasteiger partial charge < -0.3 is 9.64 Å². The molecular weight excluding hydrogens is 392 g/mol. The fourth-order valence-electron chi connectivity index (χ4n) is 3.12. The van der Waals surface area contributed by atoms with Gasteiger partial charge in [0.1, 0.15) is 12.4 Å². The molecule has 2 aromatic heterocycles. The van der Waals surface area contributed by atoms with E-state index in [1.165, 1.54) is 4.31 Å². The van der Waals surface area contributed by atoms with Gasteiger partial charge in [-0.05, 0) is 30.3 Å². The zero-order valence-electron chi connectivity index (χ0n) is 15.8. The molecule has 10 heteroatoms. The summed E-state index contributed by atoms with van der Waals surface area (Å²) in [6, 6.07) is 14.8. The summed E-state index contributed by atoms with van der Waals surface area (Å²) in [4.78, 5) is 2.03. The van der Waals surface area contributed by atoms with Gasteiger partial charge >= 0.3 is 0 Å². The average Bonchev–Trinajstić information content (AvgIpc) is 3.30. The molecule has 0 amide bonds. The first-order valence-corrected chi connectivity index (χ1v) is 11.0. The molecule has 1 aliphatic heterocycles. The summed E-state index contributed by atoms with van der Waals surface area (Å²) >= 11 is 0. The highest BCUT2D eigenvalue weighted by atomic mass is 32.2. The smallest absolute Gasteiger partial charge is 0.217 e. The van der Waals surface area contributed by atoms with Crippen molar-refractivity contribution in [3.05, 3.63) is 60.9 Å². The molecule has 0 unspecified atom stereocenters. The highest BCUT2D eigenvalue weighted by molar-refractivity contribution is 7.89. The molecule has 3 aromatic rings. The Morgan fingerprint density at radius 1 is 0.897 bits per heavy atom. The van der Waals surface area contributed by atoms with Crippen molar-refractivity contribution in [3.8, 4) is 11.6 Å². The lowest BCUT2D eigenvalue weighted by molar-refractivity contribution is 0.331. The van der Waals surface area contributed by atoms with Crippen LogP contribution in [0.5, 0.6) is 5.75 Å². The lowest BCUT2D eigenvalue weighted by Crippen LogP contribution is -2.50. The summed E-state index contributed by atoms with van der Waals surface area (Å²) in [6.07, 6.45) is 3.48. The van der Waals surface area contributed by atoms with Gasteiger partial charge in [0.2, 0.25) is 10.0 Å². The molecule has 4 rings (SSSR count). The van der Waals surface area contributed by atoms with Crippen LogP contribution in [0.25, 0.3) is 5.82 Å². The fraction of sp³-hybridized carbons (Fsp3) is 0.316. The van der Waals surface area contributed by atoms with E-state index >= 15 is 0 Å². The van der Waals surface area contributed by atoms with E-state index in [1.807, 2.05) is 53.4 Å². The summed E-state index contributed by atoms with van der Waals surface area (Å²) in [5.74, 6) is 1.99. The topological polar surface area (TPSA) is 93.5 Å². The Kier molecular flexibility index (Phi) is 5.72. The van der Waals surface area contributed by atoms with Gasteiger partial charge in [-0.1, -0.05) is 18.2 Å². The van der Waals surface area contributed by atoms with E-state index in [1.54, 1.807) is 17.1 Å². The Morgan fingerprint density at radius 2 is 1.62 bits per heavy atom. The molecule has 1 aromatic carbocycles. The quantitative estimate of drug-likeness (QED) is 0.573. The van der Waals surface area contributed by atoms with Crippen LogP contribution in [-0.2, 0) is 10.0 Å². The first kappa shape index (κ1) is 19.3. The van der Waals surface area contributed by atoms with Crippen LogP contribution in [0, 0.1) is 0 Å². The summed E-state index contributed by atoms with van der Waals surface area (Å²) in [7, 11) is -3.36. The number of sulfonamides is 1. The molecule has 152 valence electrons. The van der Waals surface area contributed by atoms with Crippen molar-refractivity contribution in [1.82, 2.24) is 24.3 Å². The van der Waals surface area contributed by atoms with Crippen LogP contribution in [0.2, 0.25) is 0 Å². The van der Waals surface area contributed by atoms with Gasteiger partial charge in [0.15, 0.2) is 11.6 Å². The number of rotatable bonds is 7. The number of benzene rings is 1. The molecule has 1 fully saturated rings. The molecule has 0 spiro atoms. The molecule has 0 saturated carbocycles. The van der Waals surface area contributed by atoms with Gasteiger partial charge in [-0.3, -0.25) is 0 Å². The maximum Gasteiger partial charge on any atom is 0.217 e. The maximum atomic E-state index is 12.6. The van der Waals surface area contributed by atoms with Crippen molar-refractivity contribution in [2.45, 2.75) is 0 Å².